The molecule has 5 heteroatoms. The van der Waals surface area contributed by atoms with E-state index in [1.807, 2.05) is 0 Å². The van der Waals surface area contributed by atoms with E-state index in [2.05, 4.69) is 6.92 Å². The number of aliphatic hydroxyl groups is 3. The number of ether oxygens (including phenoxy) is 2. The van der Waals surface area contributed by atoms with E-state index in [-0.39, 0.29) is 32.5 Å². The minimum atomic E-state index is -0.862. The highest BCUT2D eigenvalue weighted by molar-refractivity contribution is 4.56. The zero-order valence-corrected chi connectivity index (χ0v) is 10.7. The van der Waals surface area contributed by atoms with E-state index < -0.39 is 6.10 Å². The van der Waals surface area contributed by atoms with Crippen molar-refractivity contribution in [2.24, 2.45) is 0 Å². The third kappa shape index (κ3) is 10.7. The summed E-state index contributed by atoms with van der Waals surface area (Å²) in [4.78, 5) is 0. The molecule has 0 aromatic heterocycles. The first-order valence-corrected chi connectivity index (χ1v) is 6.33. The van der Waals surface area contributed by atoms with Crippen LogP contribution in [0.3, 0.4) is 0 Å². The van der Waals surface area contributed by atoms with Gasteiger partial charge in [-0.05, 0) is 6.42 Å². The van der Waals surface area contributed by atoms with Crippen LogP contribution in [-0.2, 0) is 9.47 Å². The van der Waals surface area contributed by atoms with E-state index in [4.69, 9.17) is 24.8 Å². The second-order valence-corrected chi connectivity index (χ2v) is 4.11. The maximum absolute atomic E-state index is 9.04. The second kappa shape index (κ2) is 12.3. The molecule has 17 heavy (non-hydrogen) atoms. The molecule has 0 spiro atoms. The van der Waals surface area contributed by atoms with E-state index in [0.29, 0.717) is 6.61 Å². The van der Waals surface area contributed by atoms with Crippen LogP contribution >= 0.6 is 0 Å². The maximum Gasteiger partial charge on any atom is 0.104 e. The fraction of sp³-hybridized carbons (Fsp3) is 1.00. The van der Waals surface area contributed by atoms with Crippen molar-refractivity contribution in [3.05, 3.63) is 0 Å². The summed E-state index contributed by atoms with van der Waals surface area (Å²) in [6.07, 6.45) is 3.31. The summed E-state index contributed by atoms with van der Waals surface area (Å²) in [5.41, 5.74) is 0. The van der Waals surface area contributed by atoms with Gasteiger partial charge in [0.1, 0.15) is 12.2 Å². The quantitative estimate of drug-likeness (QED) is 0.435. The van der Waals surface area contributed by atoms with E-state index in [0.717, 1.165) is 12.8 Å². The van der Waals surface area contributed by atoms with Crippen LogP contribution in [0.1, 0.15) is 32.6 Å². The van der Waals surface area contributed by atoms with Crippen molar-refractivity contribution >= 4 is 0 Å². The first-order chi connectivity index (χ1) is 8.24. The molecule has 2 unspecified atom stereocenters. The highest BCUT2D eigenvalue weighted by Crippen LogP contribution is 2.01. The van der Waals surface area contributed by atoms with Crippen LogP contribution in [0.4, 0.5) is 0 Å². The molecule has 0 saturated carbocycles. The monoisotopic (exact) mass is 250 g/mol. The Kier molecular flexibility index (Phi) is 12.1. The Bertz CT molecular complexity index is 154. The minimum absolute atomic E-state index is 0.0617. The lowest BCUT2D eigenvalue weighted by atomic mass is 10.2. The molecule has 0 amide bonds. The third-order valence-electron chi connectivity index (χ3n) is 2.38. The van der Waals surface area contributed by atoms with Crippen LogP contribution in [0.5, 0.6) is 0 Å². The van der Waals surface area contributed by atoms with Gasteiger partial charge in [0.25, 0.3) is 0 Å². The molecular formula is C12H26O5. The Morgan fingerprint density at radius 2 is 1.76 bits per heavy atom. The lowest BCUT2D eigenvalue weighted by Crippen LogP contribution is -2.28. The summed E-state index contributed by atoms with van der Waals surface area (Å²) in [6.45, 7) is 2.66. The van der Waals surface area contributed by atoms with Gasteiger partial charge in [-0.15, -0.1) is 0 Å². The normalized spacial score (nSPS) is 14.8. The molecule has 104 valence electrons. The number of unbranched alkanes of at least 4 members (excludes halogenated alkanes) is 3. The molecule has 0 aliphatic rings. The fourth-order valence-corrected chi connectivity index (χ4v) is 1.32. The Hall–Kier alpha value is -0.200. The molecular weight excluding hydrogens is 224 g/mol. The largest absolute Gasteiger partial charge is 0.394 e. The van der Waals surface area contributed by atoms with Gasteiger partial charge in [0.05, 0.1) is 26.4 Å². The van der Waals surface area contributed by atoms with E-state index >= 15 is 0 Å². The van der Waals surface area contributed by atoms with Gasteiger partial charge in [0.2, 0.25) is 0 Å². The fourth-order valence-electron chi connectivity index (χ4n) is 1.32. The average molecular weight is 250 g/mol. The van der Waals surface area contributed by atoms with Gasteiger partial charge >= 0.3 is 0 Å². The standard InChI is InChI=1S/C12H26O5/c1-2-3-4-5-6-17-12(8-14)10-16-9-11(15)7-13/h11-15H,2-10H2,1H3. The minimum Gasteiger partial charge on any atom is -0.394 e. The molecule has 0 aliphatic carbocycles. The first kappa shape index (κ1) is 16.8. The molecule has 0 aromatic carbocycles. The Morgan fingerprint density at radius 3 is 2.35 bits per heavy atom. The zero-order valence-electron chi connectivity index (χ0n) is 10.7. The van der Waals surface area contributed by atoms with Crippen molar-refractivity contribution in [2.75, 3.05) is 33.0 Å². The van der Waals surface area contributed by atoms with Crippen molar-refractivity contribution in [3.63, 3.8) is 0 Å². The van der Waals surface area contributed by atoms with Gasteiger partial charge in [-0.25, -0.2) is 0 Å². The average Bonchev–Trinajstić information content (AvgIpc) is 2.36. The van der Waals surface area contributed by atoms with Crippen molar-refractivity contribution in [1.82, 2.24) is 0 Å². The van der Waals surface area contributed by atoms with E-state index in [1.54, 1.807) is 0 Å². The number of hydrogen-bond donors (Lipinski definition) is 3. The number of rotatable bonds is 12. The summed E-state index contributed by atoms with van der Waals surface area (Å²) in [7, 11) is 0. The number of aliphatic hydroxyl groups excluding tert-OH is 3. The summed E-state index contributed by atoms with van der Waals surface area (Å²) < 4.78 is 10.6. The topological polar surface area (TPSA) is 79.2 Å². The van der Waals surface area contributed by atoms with Gasteiger partial charge in [0.15, 0.2) is 0 Å². The molecule has 0 heterocycles. The van der Waals surface area contributed by atoms with Crippen LogP contribution in [-0.4, -0.2) is 60.6 Å². The summed E-state index contributed by atoms with van der Waals surface area (Å²) >= 11 is 0. The van der Waals surface area contributed by atoms with Crippen LogP contribution in [0.15, 0.2) is 0 Å². The summed E-state index contributed by atoms with van der Waals surface area (Å²) in [5, 5.41) is 26.6. The molecule has 0 bridgehead atoms. The molecule has 5 nitrogen and oxygen atoms in total. The van der Waals surface area contributed by atoms with Crippen LogP contribution in [0.25, 0.3) is 0 Å². The second-order valence-electron chi connectivity index (χ2n) is 4.11. The van der Waals surface area contributed by atoms with Crippen molar-refractivity contribution in [3.8, 4) is 0 Å². The Labute approximate surface area is 103 Å². The molecule has 0 aliphatic heterocycles. The smallest absolute Gasteiger partial charge is 0.104 e. The van der Waals surface area contributed by atoms with Crippen LogP contribution in [0, 0.1) is 0 Å². The van der Waals surface area contributed by atoms with Crippen molar-refractivity contribution in [2.45, 2.75) is 44.8 Å². The highest BCUT2D eigenvalue weighted by Gasteiger charge is 2.09. The van der Waals surface area contributed by atoms with E-state index in [9.17, 15) is 0 Å². The van der Waals surface area contributed by atoms with Gasteiger partial charge in [-0.2, -0.15) is 0 Å². The first-order valence-electron chi connectivity index (χ1n) is 6.33. The van der Waals surface area contributed by atoms with E-state index in [1.165, 1.54) is 12.8 Å². The van der Waals surface area contributed by atoms with Crippen molar-refractivity contribution < 1.29 is 24.8 Å². The lowest BCUT2D eigenvalue weighted by molar-refractivity contribution is -0.0649. The van der Waals surface area contributed by atoms with Gasteiger partial charge in [0, 0.05) is 6.61 Å². The molecule has 0 rings (SSSR count). The Balaban J connectivity index is 3.42. The van der Waals surface area contributed by atoms with Crippen LogP contribution < -0.4 is 0 Å². The molecule has 0 radical (unpaired) electrons. The van der Waals surface area contributed by atoms with Crippen molar-refractivity contribution in [1.29, 1.82) is 0 Å². The molecule has 0 saturated heterocycles. The lowest BCUT2D eigenvalue weighted by Gasteiger charge is -2.16. The predicted molar refractivity (Wildman–Crippen MR) is 64.9 cm³/mol. The summed E-state index contributed by atoms with van der Waals surface area (Å²) in [6, 6.07) is 0. The highest BCUT2D eigenvalue weighted by atomic mass is 16.5. The molecule has 2 atom stereocenters. The Morgan fingerprint density at radius 1 is 1.00 bits per heavy atom. The molecule has 0 fully saturated rings. The molecule has 3 N–H and O–H groups in total. The van der Waals surface area contributed by atoms with Gasteiger partial charge in [-0.1, -0.05) is 26.2 Å². The maximum atomic E-state index is 9.04. The van der Waals surface area contributed by atoms with Crippen LogP contribution in [0.2, 0.25) is 0 Å². The predicted octanol–water partition coefficient (Wildman–Crippen LogP) is 0.314. The SMILES string of the molecule is CCCCCCOC(CO)COCC(O)CO. The zero-order chi connectivity index (χ0) is 12.9. The number of hydrogen-bond acceptors (Lipinski definition) is 5. The van der Waals surface area contributed by atoms with Gasteiger partial charge in [-0.3, -0.25) is 0 Å². The molecule has 0 aromatic rings. The third-order valence-corrected chi connectivity index (χ3v) is 2.38. The van der Waals surface area contributed by atoms with Gasteiger partial charge < -0.3 is 24.8 Å². The summed E-state index contributed by atoms with van der Waals surface area (Å²) in [5.74, 6) is 0.